The summed E-state index contributed by atoms with van der Waals surface area (Å²) in [6, 6.07) is 0. The number of sulfone groups is 1. The average Bonchev–Trinajstić information content (AvgIpc) is 2.11. The molecule has 0 aromatic rings. The molecule has 0 aromatic heterocycles. The van der Waals surface area contributed by atoms with E-state index in [9.17, 15) is 18.6 Å². The van der Waals surface area contributed by atoms with Gasteiger partial charge < -0.3 is 20.1 Å². The minimum absolute atomic E-state index is 0.321. The van der Waals surface area contributed by atoms with E-state index in [0.717, 1.165) is 0 Å². The summed E-state index contributed by atoms with van der Waals surface area (Å²) in [5.41, 5.74) is -1.10. The van der Waals surface area contributed by atoms with Gasteiger partial charge in [0, 0.05) is 0 Å². The van der Waals surface area contributed by atoms with Crippen molar-refractivity contribution in [1.82, 2.24) is 0 Å². The van der Waals surface area contributed by atoms with Crippen LogP contribution in [0.1, 0.15) is 6.92 Å². The van der Waals surface area contributed by atoms with Crippen molar-refractivity contribution in [3.05, 3.63) is 12.2 Å². The lowest BCUT2D eigenvalue weighted by Crippen LogP contribution is -2.55. The first-order chi connectivity index (χ1) is 7.25. The van der Waals surface area contributed by atoms with Crippen LogP contribution in [-0.4, -0.2) is 59.8 Å². The van der Waals surface area contributed by atoms with Gasteiger partial charge in [0.25, 0.3) is 0 Å². The number of aliphatic hydroxyl groups excluding tert-OH is 3. The summed E-state index contributed by atoms with van der Waals surface area (Å²) in [5, 5.41) is 28.0. The highest BCUT2D eigenvalue weighted by atomic mass is 32.2. The minimum atomic E-state index is -3.73. The molecule has 0 bridgehead atoms. The van der Waals surface area contributed by atoms with Crippen LogP contribution in [0.15, 0.2) is 12.2 Å². The first-order valence-corrected chi connectivity index (χ1v) is 6.49. The first kappa shape index (κ1) is 13.6. The van der Waals surface area contributed by atoms with E-state index in [4.69, 9.17) is 9.84 Å². The van der Waals surface area contributed by atoms with Gasteiger partial charge >= 0.3 is 0 Å². The van der Waals surface area contributed by atoms with Crippen molar-refractivity contribution in [1.29, 1.82) is 0 Å². The van der Waals surface area contributed by atoms with Crippen molar-refractivity contribution >= 4 is 9.84 Å². The lowest BCUT2D eigenvalue weighted by atomic mass is 10.1. The summed E-state index contributed by atoms with van der Waals surface area (Å²) in [6.45, 7) is 4.68. The van der Waals surface area contributed by atoms with E-state index < -0.39 is 33.6 Å². The topological polar surface area (TPSA) is 104 Å². The highest BCUT2D eigenvalue weighted by Gasteiger charge is 2.44. The third kappa shape index (κ3) is 2.80. The van der Waals surface area contributed by atoms with Crippen LogP contribution in [0.4, 0.5) is 0 Å². The van der Waals surface area contributed by atoms with Gasteiger partial charge in [0.1, 0.15) is 18.3 Å². The van der Waals surface area contributed by atoms with Crippen LogP contribution in [0.5, 0.6) is 0 Å². The summed E-state index contributed by atoms with van der Waals surface area (Å²) in [5.74, 6) is -0.322. The molecular weight excluding hydrogens is 236 g/mol. The fourth-order valence-corrected chi connectivity index (χ4v) is 3.24. The maximum Gasteiger partial charge on any atom is 0.187 e. The van der Waals surface area contributed by atoms with Gasteiger partial charge in [-0.15, -0.1) is 0 Å². The minimum Gasteiger partial charge on any atom is -0.388 e. The Morgan fingerprint density at radius 1 is 1.38 bits per heavy atom. The Hall–Kier alpha value is -0.470. The number of hydrogen-bond acceptors (Lipinski definition) is 6. The zero-order valence-corrected chi connectivity index (χ0v) is 9.72. The van der Waals surface area contributed by atoms with Gasteiger partial charge in [0.2, 0.25) is 0 Å². The molecule has 1 aliphatic heterocycles. The smallest absolute Gasteiger partial charge is 0.187 e. The van der Waals surface area contributed by atoms with E-state index in [1.165, 1.54) is 6.92 Å². The standard InChI is InChI=1S/C9H16O6S/c1-5(2)4-16(13,14)9-8(12)7(11)6(10)3-15-9/h6-12H,1,3-4H2,2H3/t6-,7+,8-,9+/m1/s1. The van der Waals surface area contributed by atoms with Gasteiger partial charge in [-0.2, -0.15) is 0 Å². The number of rotatable bonds is 3. The zero-order chi connectivity index (χ0) is 12.5. The summed E-state index contributed by atoms with van der Waals surface area (Å²) in [4.78, 5) is 0. The van der Waals surface area contributed by atoms with E-state index in [0.29, 0.717) is 5.57 Å². The van der Waals surface area contributed by atoms with Crippen LogP contribution in [0.3, 0.4) is 0 Å². The molecule has 4 atom stereocenters. The van der Waals surface area contributed by atoms with Crippen LogP contribution in [0.25, 0.3) is 0 Å². The Labute approximate surface area is 94.1 Å². The Bertz CT molecular complexity index is 362. The second kappa shape index (κ2) is 4.80. The summed E-state index contributed by atoms with van der Waals surface area (Å²) >= 11 is 0. The molecule has 0 spiro atoms. The van der Waals surface area contributed by atoms with Crippen molar-refractivity contribution in [2.75, 3.05) is 12.4 Å². The predicted octanol–water partition coefficient (Wildman–Crippen LogP) is -1.58. The Kier molecular flexibility index (Phi) is 4.08. The van der Waals surface area contributed by atoms with E-state index in [2.05, 4.69) is 6.58 Å². The lowest BCUT2D eigenvalue weighted by Gasteiger charge is -2.34. The molecular formula is C9H16O6S. The molecule has 1 rings (SSSR count). The van der Waals surface area contributed by atoms with Gasteiger partial charge in [-0.3, -0.25) is 0 Å². The Balaban J connectivity index is 2.85. The molecule has 1 heterocycles. The van der Waals surface area contributed by atoms with Gasteiger partial charge in [0.15, 0.2) is 15.3 Å². The zero-order valence-electron chi connectivity index (χ0n) is 8.91. The molecule has 7 heteroatoms. The van der Waals surface area contributed by atoms with Gasteiger partial charge in [0.05, 0.1) is 12.4 Å². The monoisotopic (exact) mass is 252 g/mol. The molecule has 0 aromatic carbocycles. The quantitative estimate of drug-likeness (QED) is 0.523. The van der Waals surface area contributed by atoms with Gasteiger partial charge in [-0.1, -0.05) is 12.2 Å². The molecule has 94 valence electrons. The van der Waals surface area contributed by atoms with E-state index in [-0.39, 0.29) is 12.4 Å². The molecule has 0 unspecified atom stereocenters. The molecule has 1 aliphatic rings. The molecule has 0 aliphatic carbocycles. The fraction of sp³-hybridized carbons (Fsp3) is 0.778. The molecule has 6 nitrogen and oxygen atoms in total. The number of hydrogen-bond donors (Lipinski definition) is 3. The van der Waals surface area contributed by atoms with E-state index in [1.807, 2.05) is 0 Å². The maximum atomic E-state index is 11.7. The molecule has 16 heavy (non-hydrogen) atoms. The number of ether oxygens (including phenoxy) is 1. The second-order valence-corrected chi connectivity index (χ2v) is 6.09. The highest BCUT2D eigenvalue weighted by Crippen LogP contribution is 2.21. The SMILES string of the molecule is C=C(C)CS(=O)(=O)[C@@H]1OC[C@@H](O)[C@H](O)[C@H]1O. The summed E-state index contributed by atoms with van der Waals surface area (Å²) in [6.07, 6.45) is -4.43. The van der Waals surface area contributed by atoms with Crippen LogP contribution < -0.4 is 0 Å². The molecule has 3 N–H and O–H groups in total. The van der Waals surface area contributed by atoms with Crippen LogP contribution in [-0.2, 0) is 14.6 Å². The van der Waals surface area contributed by atoms with Crippen LogP contribution in [0, 0.1) is 0 Å². The lowest BCUT2D eigenvalue weighted by molar-refractivity contribution is -0.163. The van der Waals surface area contributed by atoms with Crippen molar-refractivity contribution in [3.63, 3.8) is 0 Å². The fourth-order valence-electron chi connectivity index (χ4n) is 1.52. The third-order valence-electron chi connectivity index (χ3n) is 2.26. The maximum absolute atomic E-state index is 11.7. The molecule has 1 fully saturated rings. The number of aliphatic hydroxyl groups is 3. The van der Waals surface area contributed by atoms with Crippen molar-refractivity contribution in [2.45, 2.75) is 30.7 Å². The highest BCUT2D eigenvalue weighted by molar-refractivity contribution is 7.92. The predicted molar refractivity (Wildman–Crippen MR) is 56.4 cm³/mol. The van der Waals surface area contributed by atoms with E-state index in [1.54, 1.807) is 0 Å². The van der Waals surface area contributed by atoms with Crippen molar-refractivity contribution in [3.8, 4) is 0 Å². The van der Waals surface area contributed by atoms with Crippen LogP contribution >= 0.6 is 0 Å². The molecule has 0 amide bonds. The molecule has 0 radical (unpaired) electrons. The molecule has 1 saturated heterocycles. The van der Waals surface area contributed by atoms with Gasteiger partial charge in [-0.25, -0.2) is 8.42 Å². The second-order valence-electron chi connectivity index (χ2n) is 4.01. The van der Waals surface area contributed by atoms with Gasteiger partial charge in [-0.05, 0) is 6.92 Å². The summed E-state index contributed by atoms with van der Waals surface area (Å²) in [7, 11) is -3.73. The largest absolute Gasteiger partial charge is 0.388 e. The van der Waals surface area contributed by atoms with Crippen molar-refractivity contribution < 1.29 is 28.5 Å². The molecule has 0 saturated carbocycles. The summed E-state index contributed by atoms with van der Waals surface area (Å²) < 4.78 is 28.3. The first-order valence-electron chi connectivity index (χ1n) is 4.77. The normalized spacial score (nSPS) is 36.0. The van der Waals surface area contributed by atoms with Crippen LogP contribution in [0.2, 0.25) is 0 Å². The average molecular weight is 252 g/mol. The Morgan fingerprint density at radius 3 is 2.44 bits per heavy atom. The van der Waals surface area contributed by atoms with E-state index >= 15 is 0 Å². The van der Waals surface area contributed by atoms with Crippen molar-refractivity contribution in [2.24, 2.45) is 0 Å². The Morgan fingerprint density at radius 2 is 1.94 bits per heavy atom. The third-order valence-corrected chi connectivity index (χ3v) is 4.27.